The molecule has 0 aliphatic heterocycles. The van der Waals surface area contributed by atoms with E-state index in [0.717, 1.165) is 0 Å². The van der Waals surface area contributed by atoms with E-state index in [-0.39, 0.29) is 6.10 Å². The Morgan fingerprint density at radius 2 is 2.14 bits per heavy atom. The number of aliphatic hydroxyl groups excluding tert-OH is 1. The molecule has 2 atom stereocenters. The van der Waals surface area contributed by atoms with Gasteiger partial charge in [0.05, 0.1) is 25.4 Å². The SMILES string of the molecule is COCC(C)OCC(O)CNCCN. The van der Waals surface area contributed by atoms with Crippen molar-refractivity contribution in [3.8, 4) is 0 Å². The van der Waals surface area contributed by atoms with Crippen molar-refractivity contribution in [1.82, 2.24) is 5.32 Å². The first-order valence-corrected chi connectivity index (χ1v) is 4.90. The summed E-state index contributed by atoms with van der Waals surface area (Å²) in [5.74, 6) is 0. The van der Waals surface area contributed by atoms with Crippen LogP contribution in [0.3, 0.4) is 0 Å². The molecule has 0 saturated carbocycles. The first kappa shape index (κ1) is 13.8. The van der Waals surface area contributed by atoms with Crippen molar-refractivity contribution in [1.29, 1.82) is 0 Å². The highest BCUT2D eigenvalue weighted by Crippen LogP contribution is 1.93. The van der Waals surface area contributed by atoms with Gasteiger partial charge in [-0.15, -0.1) is 0 Å². The van der Waals surface area contributed by atoms with E-state index in [4.69, 9.17) is 15.2 Å². The fourth-order valence-corrected chi connectivity index (χ4v) is 0.988. The van der Waals surface area contributed by atoms with Crippen LogP contribution in [0.1, 0.15) is 6.92 Å². The fourth-order valence-electron chi connectivity index (χ4n) is 0.988. The molecule has 0 aliphatic carbocycles. The van der Waals surface area contributed by atoms with Crippen LogP contribution in [0.2, 0.25) is 0 Å². The van der Waals surface area contributed by atoms with Crippen LogP contribution in [0.15, 0.2) is 0 Å². The molecular formula is C9H22N2O3. The quantitative estimate of drug-likeness (QED) is 0.420. The van der Waals surface area contributed by atoms with E-state index in [2.05, 4.69) is 5.32 Å². The van der Waals surface area contributed by atoms with Gasteiger partial charge in [0, 0.05) is 26.7 Å². The summed E-state index contributed by atoms with van der Waals surface area (Å²) >= 11 is 0. The average Bonchev–Trinajstić information content (AvgIpc) is 2.16. The summed E-state index contributed by atoms with van der Waals surface area (Å²) in [6.07, 6.45) is -0.468. The van der Waals surface area contributed by atoms with Crippen molar-refractivity contribution in [2.24, 2.45) is 5.73 Å². The van der Waals surface area contributed by atoms with Gasteiger partial charge in [0.1, 0.15) is 0 Å². The smallest absolute Gasteiger partial charge is 0.0897 e. The van der Waals surface area contributed by atoms with Gasteiger partial charge < -0.3 is 25.6 Å². The van der Waals surface area contributed by atoms with Crippen molar-refractivity contribution in [2.45, 2.75) is 19.1 Å². The summed E-state index contributed by atoms with van der Waals surface area (Å²) in [7, 11) is 1.62. The monoisotopic (exact) mass is 206 g/mol. The van der Waals surface area contributed by atoms with Gasteiger partial charge in [0.15, 0.2) is 0 Å². The standard InChI is InChI=1S/C9H22N2O3/c1-8(6-13-2)14-7-9(12)5-11-4-3-10/h8-9,11-12H,3-7,10H2,1-2H3. The Labute approximate surface area is 85.6 Å². The highest BCUT2D eigenvalue weighted by molar-refractivity contribution is 4.59. The maximum Gasteiger partial charge on any atom is 0.0897 e. The molecule has 0 spiro atoms. The summed E-state index contributed by atoms with van der Waals surface area (Å²) < 4.78 is 10.2. The Bertz CT molecular complexity index is 125. The summed E-state index contributed by atoms with van der Waals surface area (Å²) in [6, 6.07) is 0. The van der Waals surface area contributed by atoms with Crippen molar-refractivity contribution in [2.75, 3.05) is 40.0 Å². The van der Waals surface area contributed by atoms with Gasteiger partial charge in [0.25, 0.3) is 0 Å². The Morgan fingerprint density at radius 1 is 1.43 bits per heavy atom. The molecule has 5 nitrogen and oxygen atoms in total. The third-order valence-electron chi connectivity index (χ3n) is 1.68. The lowest BCUT2D eigenvalue weighted by Gasteiger charge is -2.16. The summed E-state index contributed by atoms with van der Waals surface area (Å²) in [5, 5.41) is 12.4. The lowest BCUT2D eigenvalue weighted by Crippen LogP contribution is -2.34. The highest BCUT2D eigenvalue weighted by Gasteiger charge is 2.06. The Kier molecular flexibility index (Phi) is 9.23. The number of hydrogen-bond acceptors (Lipinski definition) is 5. The molecule has 2 unspecified atom stereocenters. The zero-order chi connectivity index (χ0) is 10.8. The number of hydrogen-bond donors (Lipinski definition) is 3. The molecule has 86 valence electrons. The molecule has 0 radical (unpaired) electrons. The molecule has 0 aromatic heterocycles. The lowest BCUT2D eigenvalue weighted by atomic mass is 10.3. The van der Waals surface area contributed by atoms with Gasteiger partial charge in [-0.25, -0.2) is 0 Å². The van der Waals surface area contributed by atoms with Crippen molar-refractivity contribution in [3.05, 3.63) is 0 Å². The zero-order valence-electron chi connectivity index (χ0n) is 9.03. The largest absolute Gasteiger partial charge is 0.389 e. The molecule has 0 heterocycles. The first-order chi connectivity index (χ1) is 6.70. The molecule has 0 rings (SSSR count). The minimum atomic E-state index is -0.485. The maximum atomic E-state index is 9.42. The fraction of sp³-hybridized carbons (Fsp3) is 1.00. The van der Waals surface area contributed by atoms with Gasteiger partial charge in [-0.3, -0.25) is 0 Å². The molecule has 0 saturated heterocycles. The molecule has 0 amide bonds. The minimum absolute atomic E-state index is 0.0177. The second-order valence-corrected chi connectivity index (χ2v) is 3.25. The van der Waals surface area contributed by atoms with Crippen molar-refractivity contribution < 1.29 is 14.6 Å². The molecule has 0 fully saturated rings. The lowest BCUT2D eigenvalue weighted by molar-refractivity contribution is -0.0309. The summed E-state index contributed by atoms with van der Waals surface area (Å²) in [5.41, 5.74) is 5.28. The van der Waals surface area contributed by atoms with Gasteiger partial charge in [-0.05, 0) is 6.92 Å². The maximum absolute atomic E-state index is 9.42. The normalized spacial score (nSPS) is 15.4. The molecule has 0 aliphatic rings. The highest BCUT2D eigenvalue weighted by atomic mass is 16.5. The van der Waals surface area contributed by atoms with Crippen LogP contribution in [0.5, 0.6) is 0 Å². The molecule has 14 heavy (non-hydrogen) atoms. The number of ether oxygens (including phenoxy) is 2. The second kappa shape index (κ2) is 9.36. The van der Waals surface area contributed by atoms with Crippen LogP contribution in [-0.2, 0) is 9.47 Å². The molecule has 5 heteroatoms. The number of methoxy groups -OCH3 is 1. The Morgan fingerprint density at radius 3 is 2.71 bits per heavy atom. The first-order valence-electron chi connectivity index (χ1n) is 4.90. The summed E-state index contributed by atoms with van der Waals surface area (Å²) in [4.78, 5) is 0. The van der Waals surface area contributed by atoms with Crippen molar-refractivity contribution in [3.63, 3.8) is 0 Å². The zero-order valence-corrected chi connectivity index (χ0v) is 9.03. The van der Waals surface area contributed by atoms with E-state index in [1.54, 1.807) is 7.11 Å². The molecule has 0 bridgehead atoms. The van der Waals surface area contributed by atoms with Crippen LogP contribution in [0.25, 0.3) is 0 Å². The average molecular weight is 206 g/mol. The number of nitrogens with two attached hydrogens (primary N) is 1. The van der Waals surface area contributed by atoms with E-state index >= 15 is 0 Å². The van der Waals surface area contributed by atoms with E-state index in [0.29, 0.717) is 32.8 Å². The minimum Gasteiger partial charge on any atom is -0.389 e. The number of rotatable bonds is 9. The van der Waals surface area contributed by atoms with Gasteiger partial charge in [-0.2, -0.15) is 0 Å². The summed E-state index contributed by atoms with van der Waals surface area (Å²) in [6.45, 7) is 4.57. The van der Waals surface area contributed by atoms with E-state index in [9.17, 15) is 5.11 Å². The number of aliphatic hydroxyl groups is 1. The Hall–Kier alpha value is -0.200. The van der Waals surface area contributed by atoms with Gasteiger partial charge in [-0.1, -0.05) is 0 Å². The third-order valence-corrected chi connectivity index (χ3v) is 1.68. The van der Waals surface area contributed by atoms with Crippen LogP contribution in [0.4, 0.5) is 0 Å². The molecular weight excluding hydrogens is 184 g/mol. The molecule has 4 N–H and O–H groups in total. The van der Waals surface area contributed by atoms with E-state index in [1.165, 1.54) is 0 Å². The molecule has 0 aromatic rings. The van der Waals surface area contributed by atoms with Gasteiger partial charge in [0.2, 0.25) is 0 Å². The van der Waals surface area contributed by atoms with Crippen LogP contribution in [0, 0.1) is 0 Å². The second-order valence-electron chi connectivity index (χ2n) is 3.25. The van der Waals surface area contributed by atoms with Crippen molar-refractivity contribution >= 4 is 0 Å². The predicted octanol–water partition coefficient (Wildman–Crippen LogP) is -1.05. The van der Waals surface area contributed by atoms with Crippen LogP contribution in [-0.4, -0.2) is 57.3 Å². The topological polar surface area (TPSA) is 76.7 Å². The number of nitrogens with one attached hydrogen (secondary N) is 1. The van der Waals surface area contributed by atoms with E-state index < -0.39 is 6.10 Å². The third kappa shape index (κ3) is 8.40. The van der Waals surface area contributed by atoms with Crippen LogP contribution >= 0.6 is 0 Å². The predicted molar refractivity (Wildman–Crippen MR) is 55.2 cm³/mol. The Balaban J connectivity index is 3.29. The van der Waals surface area contributed by atoms with E-state index in [1.807, 2.05) is 6.92 Å². The molecule has 0 aromatic carbocycles. The van der Waals surface area contributed by atoms with Gasteiger partial charge >= 0.3 is 0 Å². The van der Waals surface area contributed by atoms with Crippen LogP contribution < -0.4 is 11.1 Å².